The Morgan fingerprint density at radius 2 is 1.76 bits per heavy atom. The Balaban J connectivity index is 1.90. The zero-order valence-electron chi connectivity index (χ0n) is 19.8. The van der Waals surface area contributed by atoms with E-state index >= 15 is 0 Å². The van der Waals surface area contributed by atoms with E-state index in [1.54, 1.807) is 19.1 Å². The lowest BCUT2D eigenvalue weighted by Gasteiger charge is -2.17. The number of rotatable bonds is 11. The Kier molecular flexibility index (Phi) is 8.54. The molecule has 0 spiro atoms. The van der Waals surface area contributed by atoms with Crippen molar-refractivity contribution in [1.82, 2.24) is 9.55 Å². The van der Waals surface area contributed by atoms with Crippen molar-refractivity contribution in [2.45, 2.75) is 52.6 Å². The van der Waals surface area contributed by atoms with E-state index in [9.17, 15) is 9.59 Å². The average Bonchev–Trinajstić information content (AvgIpc) is 2.78. The fourth-order valence-corrected chi connectivity index (χ4v) is 4.07. The fraction of sp³-hybridized carbons (Fsp3) is 0.400. The SMILES string of the molecule is CCOC(=O)c1nc2cccc(COCc3ccccc3)c2c(=O)n1COCC[Si](C)(C)C. The lowest BCUT2D eigenvalue weighted by atomic mass is 10.1. The molecule has 0 saturated heterocycles. The van der Waals surface area contributed by atoms with E-state index in [2.05, 4.69) is 24.6 Å². The number of hydrogen-bond donors (Lipinski definition) is 0. The quantitative estimate of drug-likeness (QED) is 0.232. The molecule has 0 radical (unpaired) electrons. The maximum Gasteiger partial charge on any atom is 0.374 e. The maximum absolute atomic E-state index is 13.5. The highest BCUT2D eigenvalue weighted by molar-refractivity contribution is 6.76. The van der Waals surface area contributed by atoms with Crippen LogP contribution < -0.4 is 5.56 Å². The van der Waals surface area contributed by atoms with Crippen molar-refractivity contribution >= 4 is 24.9 Å². The Morgan fingerprint density at radius 1 is 1.00 bits per heavy atom. The number of nitrogens with zero attached hydrogens (tertiary/aromatic N) is 2. The van der Waals surface area contributed by atoms with Gasteiger partial charge in [0.25, 0.3) is 5.56 Å². The van der Waals surface area contributed by atoms with Gasteiger partial charge in [-0.25, -0.2) is 9.78 Å². The fourth-order valence-electron chi connectivity index (χ4n) is 3.31. The van der Waals surface area contributed by atoms with Gasteiger partial charge >= 0.3 is 5.97 Å². The molecular formula is C25H32N2O5Si. The van der Waals surface area contributed by atoms with E-state index in [4.69, 9.17) is 14.2 Å². The van der Waals surface area contributed by atoms with Crippen LogP contribution >= 0.6 is 0 Å². The molecule has 8 heteroatoms. The van der Waals surface area contributed by atoms with Gasteiger partial charge in [-0.2, -0.15) is 0 Å². The van der Waals surface area contributed by atoms with E-state index in [-0.39, 0.29) is 31.3 Å². The molecule has 1 heterocycles. The first-order valence-corrected chi connectivity index (χ1v) is 14.9. The van der Waals surface area contributed by atoms with Gasteiger partial charge in [0, 0.05) is 14.7 Å². The molecule has 33 heavy (non-hydrogen) atoms. The van der Waals surface area contributed by atoms with Gasteiger partial charge in [0.1, 0.15) is 6.73 Å². The van der Waals surface area contributed by atoms with Gasteiger partial charge in [-0.3, -0.25) is 9.36 Å². The van der Waals surface area contributed by atoms with Gasteiger partial charge in [0.2, 0.25) is 5.82 Å². The molecule has 0 fully saturated rings. The molecule has 0 aliphatic rings. The smallest absolute Gasteiger partial charge is 0.374 e. The summed E-state index contributed by atoms with van der Waals surface area (Å²) in [5.74, 6) is -0.694. The van der Waals surface area contributed by atoms with Crippen molar-refractivity contribution in [2.75, 3.05) is 13.2 Å². The maximum atomic E-state index is 13.5. The predicted molar refractivity (Wildman–Crippen MR) is 131 cm³/mol. The number of esters is 1. The Labute approximate surface area is 195 Å². The summed E-state index contributed by atoms with van der Waals surface area (Å²) < 4.78 is 18.1. The molecule has 0 saturated carbocycles. The Morgan fingerprint density at radius 3 is 2.45 bits per heavy atom. The molecule has 1 aromatic heterocycles. The molecule has 3 rings (SSSR count). The van der Waals surface area contributed by atoms with E-state index in [0.29, 0.717) is 29.7 Å². The second kappa shape index (κ2) is 11.4. The van der Waals surface area contributed by atoms with E-state index in [1.807, 2.05) is 36.4 Å². The number of carbonyl (C=O) groups excluding carboxylic acids is 1. The van der Waals surface area contributed by atoms with Crippen molar-refractivity contribution in [3.05, 3.63) is 75.8 Å². The summed E-state index contributed by atoms with van der Waals surface area (Å²) in [4.78, 5) is 30.5. The zero-order valence-corrected chi connectivity index (χ0v) is 20.8. The average molecular weight is 469 g/mol. The highest BCUT2D eigenvalue weighted by Crippen LogP contribution is 2.17. The van der Waals surface area contributed by atoms with Crippen LogP contribution in [0.15, 0.2) is 53.3 Å². The first kappa shape index (κ1) is 24.8. The van der Waals surface area contributed by atoms with E-state index < -0.39 is 14.0 Å². The molecule has 0 unspecified atom stereocenters. The molecule has 0 N–H and O–H groups in total. The number of benzene rings is 2. The normalized spacial score (nSPS) is 11.6. The van der Waals surface area contributed by atoms with Crippen LogP contribution in [0.4, 0.5) is 0 Å². The highest BCUT2D eigenvalue weighted by atomic mass is 28.3. The number of aromatic nitrogens is 2. The molecule has 176 valence electrons. The number of fused-ring (bicyclic) bond motifs is 1. The van der Waals surface area contributed by atoms with Crippen molar-refractivity contribution in [2.24, 2.45) is 0 Å². The molecule has 0 amide bonds. The second-order valence-corrected chi connectivity index (χ2v) is 14.6. The molecule has 3 aromatic rings. The van der Waals surface area contributed by atoms with Crippen molar-refractivity contribution in [1.29, 1.82) is 0 Å². The molecule has 0 atom stereocenters. The van der Waals surface area contributed by atoms with Crippen molar-refractivity contribution < 1.29 is 19.0 Å². The summed E-state index contributed by atoms with van der Waals surface area (Å²) in [6.07, 6.45) is 0. The van der Waals surface area contributed by atoms with Gasteiger partial charge in [-0.1, -0.05) is 62.1 Å². The summed E-state index contributed by atoms with van der Waals surface area (Å²) in [7, 11) is -1.29. The highest BCUT2D eigenvalue weighted by Gasteiger charge is 2.21. The van der Waals surface area contributed by atoms with Crippen LogP contribution in [0.25, 0.3) is 10.9 Å². The van der Waals surface area contributed by atoms with Crippen LogP contribution in [0.2, 0.25) is 25.7 Å². The van der Waals surface area contributed by atoms with E-state index in [0.717, 1.165) is 11.6 Å². The van der Waals surface area contributed by atoms with E-state index in [1.165, 1.54) is 4.57 Å². The largest absolute Gasteiger partial charge is 0.460 e. The van der Waals surface area contributed by atoms with Crippen LogP contribution in [0.5, 0.6) is 0 Å². The number of hydrogen-bond acceptors (Lipinski definition) is 6. The van der Waals surface area contributed by atoms with Crippen LogP contribution in [-0.4, -0.2) is 36.8 Å². The number of carbonyl (C=O) groups is 1. The monoisotopic (exact) mass is 468 g/mol. The standard InChI is InChI=1S/C25H32N2O5Si/c1-5-32-25(29)23-26-21-13-9-12-20(17-31-16-19-10-7-6-8-11-19)22(21)24(28)27(23)18-30-14-15-33(2,3)4/h6-13H,5,14-18H2,1-4H3. The van der Waals surface area contributed by atoms with Crippen molar-refractivity contribution in [3.8, 4) is 0 Å². The van der Waals surface area contributed by atoms with Crippen LogP contribution in [0.3, 0.4) is 0 Å². The summed E-state index contributed by atoms with van der Waals surface area (Å²) in [6.45, 7) is 9.82. The molecule has 7 nitrogen and oxygen atoms in total. The topological polar surface area (TPSA) is 79.7 Å². The minimum absolute atomic E-state index is 0.0512. The minimum Gasteiger partial charge on any atom is -0.460 e. The van der Waals surface area contributed by atoms with Crippen LogP contribution in [0, 0.1) is 0 Å². The third-order valence-electron chi connectivity index (χ3n) is 5.11. The van der Waals surface area contributed by atoms with Crippen LogP contribution in [0.1, 0.15) is 28.7 Å². The Bertz CT molecular complexity index is 1140. The molecular weight excluding hydrogens is 436 g/mol. The zero-order chi connectivity index (χ0) is 23.8. The van der Waals surface area contributed by atoms with Gasteiger partial charge in [0.15, 0.2) is 0 Å². The van der Waals surface area contributed by atoms with Gasteiger partial charge in [-0.05, 0) is 30.2 Å². The van der Waals surface area contributed by atoms with Gasteiger partial charge < -0.3 is 14.2 Å². The third kappa shape index (κ3) is 6.83. The number of ether oxygens (including phenoxy) is 3. The molecule has 0 aliphatic heterocycles. The lowest BCUT2D eigenvalue weighted by Crippen LogP contribution is -2.31. The van der Waals surface area contributed by atoms with Crippen molar-refractivity contribution in [3.63, 3.8) is 0 Å². The molecule has 0 aliphatic carbocycles. The van der Waals surface area contributed by atoms with Gasteiger partial charge in [0.05, 0.1) is 30.7 Å². The molecule has 2 aromatic carbocycles. The second-order valence-electron chi connectivity index (χ2n) is 9.03. The Hall–Kier alpha value is -2.81. The summed E-state index contributed by atoms with van der Waals surface area (Å²) in [6, 6.07) is 16.2. The molecule has 0 bridgehead atoms. The summed E-state index contributed by atoms with van der Waals surface area (Å²) in [5, 5.41) is 0.424. The lowest BCUT2D eigenvalue weighted by molar-refractivity contribution is 0.0454. The van der Waals surface area contributed by atoms with Gasteiger partial charge in [-0.15, -0.1) is 0 Å². The summed E-state index contributed by atoms with van der Waals surface area (Å²) >= 11 is 0. The summed E-state index contributed by atoms with van der Waals surface area (Å²) in [5.41, 5.74) is 1.86. The first-order valence-electron chi connectivity index (χ1n) is 11.2. The van der Waals surface area contributed by atoms with Crippen LogP contribution in [-0.2, 0) is 34.2 Å². The first-order chi connectivity index (χ1) is 15.8. The minimum atomic E-state index is -1.29. The third-order valence-corrected chi connectivity index (χ3v) is 6.82. The predicted octanol–water partition coefficient (Wildman–Crippen LogP) is 4.60.